The molecule has 9 heavy (non-hydrogen) atoms. The lowest BCUT2D eigenvalue weighted by Crippen LogP contribution is -1.93. The van der Waals surface area contributed by atoms with Crippen molar-refractivity contribution in [1.29, 1.82) is 0 Å². The van der Waals surface area contributed by atoms with Crippen molar-refractivity contribution in [3.8, 4) is 0 Å². The maximum atomic E-state index is 3.06. The molecule has 0 amide bonds. The van der Waals surface area contributed by atoms with Crippen LogP contribution in [-0.4, -0.2) is 0 Å². The van der Waals surface area contributed by atoms with Crippen LogP contribution in [0.5, 0.6) is 0 Å². The molecule has 0 aliphatic rings. The second-order valence-electron chi connectivity index (χ2n) is 2.61. The SMILES string of the molecule is CC(C)=CNC=C(C)C. The summed E-state index contributed by atoms with van der Waals surface area (Å²) in [7, 11) is 0. The van der Waals surface area contributed by atoms with Crippen LogP contribution in [0.3, 0.4) is 0 Å². The van der Waals surface area contributed by atoms with E-state index in [1.54, 1.807) is 0 Å². The third-order valence-corrected chi connectivity index (χ3v) is 0.744. The minimum absolute atomic E-state index is 1.28. The highest BCUT2D eigenvalue weighted by molar-refractivity contribution is 4.99. The van der Waals surface area contributed by atoms with Crippen molar-refractivity contribution >= 4 is 0 Å². The Morgan fingerprint density at radius 2 is 1.22 bits per heavy atom. The van der Waals surface area contributed by atoms with Crippen molar-refractivity contribution in [3.05, 3.63) is 23.5 Å². The molecular weight excluding hydrogens is 110 g/mol. The molecule has 0 radical (unpaired) electrons. The van der Waals surface area contributed by atoms with E-state index < -0.39 is 0 Å². The van der Waals surface area contributed by atoms with Crippen LogP contribution in [0.4, 0.5) is 0 Å². The van der Waals surface area contributed by atoms with Crippen molar-refractivity contribution in [1.82, 2.24) is 5.32 Å². The van der Waals surface area contributed by atoms with E-state index in [4.69, 9.17) is 0 Å². The highest BCUT2D eigenvalue weighted by Gasteiger charge is 1.73. The van der Waals surface area contributed by atoms with Gasteiger partial charge in [0.1, 0.15) is 0 Å². The van der Waals surface area contributed by atoms with Gasteiger partial charge in [0.15, 0.2) is 0 Å². The molecule has 0 aliphatic heterocycles. The second-order valence-corrected chi connectivity index (χ2v) is 2.61. The van der Waals surface area contributed by atoms with E-state index in [0.29, 0.717) is 0 Å². The standard InChI is InChI=1S/C8H15N/c1-7(2)5-9-6-8(3)4/h5-6,9H,1-4H3. The average molecular weight is 125 g/mol. The molecule has 0 aromatic heterocycles. The molecule has 0 aromatic rings. The Bertz CT molecular complexity index is 108. The molecule has 0 saturated heterocycles. The fourth-order valence-corrected chi connectivity index (χ4v) is 0.375. The third-order valence-electron chi connectivity index (χ3n) is 0.744. The molecule has 1 N–H and O–H groups in total. The fraction of sp³-hybridized carbons (Fsp3) is 0.500. The summed E-state index contributed by atoms with van der Waals surface area (Å²) in [6.45, 7) is 8.25. The van der Waals surface area contributed by atoms with E-state index in [0.717, 1.165) is 0 Å². The first kappa shape index (κ1) is 8.28. The van der Waals surface area contributed by atoms with E-state index in [9.17, 15) is 0 Å². The van der Waals surface area contributed by atoms with Crippen LogP contribution in [0.25, 0.3) is 0 Å². The van der Waals surface area contributed by atoms with Gasteiger partial charge in [-0.1, -0.05) is 11.1 Å². The molecule has 0 bridgehead atoms. The van der Waals surface area contributed by atoms with Gasteiger partial charge in [0.25, 0.3) is 0 Å². The molecule has 1 nitrogen and oxygen atoms in total. The summed E-state index contributed by atoms with van der Waals surface area (Å²) in [6.07, 6.45) is 3.96. The first-order valence-corrected chi connectivity index (χ1v) is 3.15. The van der Waals surface area contributed by atoms with Gasteiger partial charge in [-0.05, 0) is 40.1 Å². The zero-order chi connectivity index (χ0) is 7.28. The Labute approximate surface area is 57.5 Å². The van der Waals surface area contributed by atoms with E-state index in [-0.39, 0.29) is 0 Å². The minimum atomic E-state index is 1.28. The lowest BCUT2D eigenvalue weighted by Gasteiger charge is -1.92. The van der Waals surface area contributed by atoms with Gasteiger partial charge >= 0.3 is 0 Å². The lowest BCUT2D eigenvalue weighted by atomic mass is 10.4. The van der Waals surface area contributed by atoms with E-state index >= 15 is 0 Å². The zero-order valence-electron chi connectivity index (χ0n) is 6.65. The normalized spacial score (nSPS) is 8.00. The van der Waals surface area contributed by atoms with Crippen molar-refractivity contribution in [2.75, 3.05) is 0 Å². The van der Waals surface area contributed by atoms with Gasteiger partial charge in [0.2, 0.25) is 0 Å². The van der Waals surface area contributed by atoms with Crippen LogP contribution in [0.15, 0.2) is 23.5 Å². The Kier molecular flexibility index (Phi) is 3.85. The fourth-order valence-electron chi connectivity index (χ4n) is 0.375. The summed E-state index contributed by atoms with van der Waals surface area (Å²) in [4.78, 5) is 0. The first-order valence-electron chi connectivity index (χ1n) is 3.15. The molecule has 0 atom stereocenters. The summed E-state index contributed by atoms with van der Waals surface area (Å²) < 4.78 is 0. The molecule has 0 rings (SSSR count). The summed E-state index contributed by atoms with van der Waals surface area (Å²) in [5, 5.41) is 3.06. The van der Waals surface area contributed by atoms with Crippen molar-refractivity contribution in [3.63, 3.8) is 0 Å². The van der Waals surface area contributed by atoms with Crippen molar-refractivity contribution in [2.24, 2.45) is 0 Å². The summed E-state index contributed by atoms with van der Waals surface area (Å²) >= 11 is 0. The van der Waals surface area contributed by atoms with Crippen LogP contribution >= 0.6 is 0 Å². The number of rotatable bonds is 2. The Morgan fingerprint density at radius 1 is 0.889 bits per heavy atom. The highest BCUT2D eigenvalue weighted by Crippen LogP contribution is 1.87. The molecule has 0 spiro atoms. The Balaban J connectivity index is 3.53. The van der Waals surface area contributed by atoms with Crippen molar-refractivity contribution in [2.45, 2.75) is 27.7 Å². The molecule has 0 unspecified atom stereocenters. The van der Waals surface area contributed by atoms with Crippen LogP contribution in [-0.2, 0) is 0 Å². The van der Waals surface area contributed by atoms with E-state index in [1.807, 2.05) is 12.4 Å². The number of allylic oxidation sites excluding steroid dienone is 2. The van der Waals surface area contributed by atoms with Gasteiger partial charge in [-0.3, -0.25) is 0 Å². The van der Waals surface area contributed by atoms with Crippen LogP contribution < -0.4 is 5.32 Å². The lowest BCUT2D eigenvalue weighted by molar-refractivity contribution is 1.11. The van der Waals surface area contributed by atoms with Gasteiger partial charge in [0.05, 0.1) is 0 Å². The minimum Gasteiger partial charge on any atom is -0.368 e. The maximum absolute atomic E-state index is 3.06. The molecule has 0 aromatic carbocycles. The molecular formula is C8H15N. The first-order chi connectivity index (χ1) is 4.13. The predicted octanol–water partition coefficient (Wildman–Crippen LogP) is 2.42. The van der Waals surface area contributed by atoms with Gasteiger partial charge in [-0.2, -0.15) is 0 Å². The molecule has 0 aliphatic carbocycles. The van der Waals surface area contributed by atoms with Gasteiger partial charge in [-0.25, -0.2) is 0 Å². The van der Waals surface area contributed by atoms with E-state index in [1.165, 1.54) is 11.1 Å². The molecule has 0 fully saturated rings. The smallest absolute Gasteiger partial charge is 0.000921 e. The summed E-state index contributed by atoms with van der Waals surface area (Å²) in [5.41, 5.74) is 2.57. The van der Waals surface area contributed by atoms with Crippen molar-refractivity contribution < 1.29 is 0 Å². The third kappa shape index (κ3) is 7.28. The maximum Gasteiger partial charge on any atom is -0.000921 e. The quantitative estimate of drug-likeness (QED) is 0.597. The summed E-state index contributed by atoms with van der Waals surface area (Å²) in [5.74, 6) is 0. The largest absolute Gasteiger partial charge is 0.368 e. The number of hydrogen-bond acceptors (Lipinski definition) is 1. The second kappa shape index (κ2) is 4.19. The molecule has 0 heterocycles. The molecule has 0 saturated carbocycles. The molecule has 52 valence electrons. The summed E-state index contributed by atoms with van der Waals surface area (Å²) in [6, 6.07) is 0. The van der Waals surface area contributed by atoms with Crippen LogP contribution in [0, 0.1) is 0 Å². The predicted molar refractivity (Wildman–Crippen MR) is 42.0 cm³/mol. The highest BCUT2D eigenvalue weighted by atomic mass is 14.8. The topological polar surface area (TPSA) is 12.0 Å². The average Bonchev–Trinajstić information content (AvgIpc) is 1.63. The monoisotopic (exact) mass is 125 g/mol. The van der Waals surface area contributed by atoms with E-state index in [2.05, 4.69) is 33.0 Å². The zero-order valence-corrected chi connectivity index (χ0v) is 6.65. The molecule has 1 heteroatoms. The van der Waals surface area contributed by atoms with Crippen LogP contribution in [0.2, 0.25) is 0 Å². The Hall–Kier alpha value is -0.720. The van der Waals surface area contributed by atoms with Gasteiger partial charge in [-0.15, -0.1) is 0 Å². The van der Waals surface area contributed by atoms with Gasteiger partial charge < -0.3 is 5.32 Å². The number of hydrogen-bond donors (Lipinski definition) is 1. The number of nitrogens with one attached hydrogen (secondary N) is 1. The van der Waals surface area contributed by atoms with Crippen LogP contribution in [0.1, 0.15) is 27.7 Å². The van der Waals surface area contributed by atoms with Gasteiger partial charge in [0, 0.05) is 0 Å². The Morgan fingerprint density at radius 3 is 1.44 bits per heavy atom.